The SMILES string of the molecule is Cc1cc(C)cc(N(C)c2cnc(CCl)cn2)c1. The van der Waals surface area contributed by atoms with Gasteiger partial charge in [-0.15, -0.1) is 11.6 Å². The number of hydrogen-bond acceptors (Lipinski definition) is 3. The standard InChI is InChI=1S/C14H16ClN3/c1-10-4-11(2)6-13(5-10)18(3)14-9-16-12(7-15)8-17-14/h4-6,8-9H,7H2,1-3H3. The van der Waals surface area contributed by atoms with Crippen LogP contribution in [0.3, 0.4) is 0 Å². The Balaban J connectivity index is 2.31. The number of rotatable bonds is 3. The summed E-state index contributed by atoms with van der Waals surface area (Å²) >= 11 is 5.70. The molecule has 0 spiro atoms. The Morgan fingerprint density at radius 2 is 1.72 bits per heavy atom. The lowest BCUT2D eigenvalue weighted by molar-refractivity contribution is 1.04. The van der Waals surface area contributed by atoms with E-state index in [1.807, 2.05) is 11.9 Å². The maximum Gasteiger partial charge on any atom is 0.151 e. The first-order valence-corrected chi connectivity index (χ1v) is 6.32. The maximum atomic E-state index is 5.70. The third-order valence-corrected chi connectivity index (χ3v) is 3.04. The van der Waals surface area contributed by atoms with Gasteiger partial charge in [-0.05, 0) is 37.1 Å². The lowest BCUT2D eigenvalue weighted by Gasteiger charge is -2.19. The van der Waals surface area contributed by atoms with E-state index in [4.69, 9.17) is 11.6 Å². The zero-order chi connectivity index (χ0) is 13.1. The minimum Gasteiger partial charge on any atom is -0.328 e. The molecule has 2 rings (SSSR count). The van der Waals surface area contributed by atoms with E-state index in [0.29, 0.717) is 5.88 Å². The van der Waals surface area contributed by atoms with Gasteiger partial charge in [-0.2, -0.15) is 0 Å². The lowest BCUT2D eigenvalue weighted by atomic mass is 10.1. The van der Waals surface area contributed by atoms with Crippen molar-refractivity contribution in [3.8, 4) is 0 Å². The quantitative estimate of drug-likeness (QED) is 0.791. The monoisotopic (exact) mass is 261 g/mol. The minimum atomic E-state index is 0.389. The number of nitrogens with zero attached hydrogens (tertiary/aromatic N) is 3. The molecule has 0 saturated carbocycles. The van der Waals surface area contributed by atoms with Crippen LogP contribution in [0.5, 0.6) is 0 Å². The first-order valence-electron chi connectivity index (χ1n) is 5.79. The van der Waals surface area contributed by atoms with Crippen LogP contribution in [0, 0.1) is 13.8 Å². The molecule has 0 amide bonds. The van der Waals surface area contributed by atoms with Gasteiger partial charge >= 0.3 is 0 Å². The molecule has 0 aliphatic heterocycles. The zero-order valence-corrected chi connectivity index (χ0v) is 11.6. The van der Waals surface area contributed by atoms with Gasteiger partial charge in [0, 0.05) is 12.7 Å². The highest BCUT2D eigenvalue weighted by atomic mass is 35.5. The lowest BCUT2D eigenvalue weighted by Crippen LogP contribution is -2.12. The highest BCUT2D eigenvalue weighted by Gasteiger charge is 2.07. The maximum absolute atomic E-state index is 5.70. The molecule has 0 fully saturated rings. The van der Waals surface area contributed by atoms with Gasteiger partial charge < -0.3 is 4.90 Å². The molecule has 0 aliphatic carbocycles. The molecular weight excluding hydrogens is 246 g/mol. The minimum absolute atomic E-state index is 0.389. The van der Waals surface area contributed by atoms with Crippen LogP contribution in [0.4, 0.5) is 11.5 Å². The van der Waals surface area contributed by atoms with E-state index >= 15 is 0 Å². The van der Waals surface area contributed by atoms with Crippen molar-refractivity contribution < 1.29 is 0 Å². The van der Waals surface area contributed by atoms with Crippen LogP contribution in [0.1, 0.15) is 16.8 Å². The van der Waals surface area contributed by atoms with Crippen LogP contribution < -0.4 is 4.90 Å². The molecule has 0 unspecified atom stereocenters. The first kappa shape index (κ1) is 12.8. The summed E-state index contributed by atoms with van der Waals surface area (Å²) in [4.78, 5) is 10.6. The van der Waals surface area contributed by atoms with Crippen molar-refractivity contribution in [2.24, 2.45) is 0 Å². The largest absolute Gasteiger partial charge is 0.328 e. The highest BCUT2D eigenvalue weighted by molar-refractivity contribution is 6.16. The average Bonchev–Trinajstić information content (AvgIpc) is 2.37. The van der Waals surface area contributed by atoms with Gasteiger partial charge in [0.05, 0.1) is 24.0 Å². The van der Waals surface area contributed by atoms with E-state index in [1.165, 1.54) is 11.1 Å². The van der Waals surface area contributed by atoms with Crippen molar-refractivity contribution in [2.75, 3.05) is 11.9 Å². The van der Waals surface area contributed by atoms with Gasteiger partial charge in [-0.25, -0.2) is 4.98 Å². The fourth-order valence-electron chi connectivity index (χ4n) is 1.87. The third-order valence-electron chi connectivity index (χ3n) is 2.77. The molecule has 0 aliphatic rings. The predicted octanol–water partition coefficient (Wildman–Crippen LogP) is 3.60. The summed E-state index contributed by atoms with van der Waals surface area (Å²) in [6, 6.07) is 6.41. The summed E-state index contributed by atoms with van der Waals surface area (Å²) in [6.07, 6.45) is 3.46. The fraction of sp³-hybridized carbons (Fsp3) is 0.286. The van der Waals surface area contributed by atoms with E-state index in [9.17, 15) is 0 Å². The van der Waals surface area contributed by atoms with Crippen molar-refractivity contribution >= 4 is 23.1 Å². The second-order valence-corrected chi connectivity index (χ2v) is 4.67. The molecular formula is C14H16ClN3. The summed E-state index contributed by atoms with van der Waals surface area (Å²) in [5.74, 6) is 1.20. The van der Waals surface area contributed by atoms with Crippen LogP contribution >= 0.6 is 11.6 Å². The van der Waals surface area contributed by atoms with Crippen LogP contribution in [-0.2, 0) is 5.88 Å². The molecule has 0 saturated heterocycles. The number of aryl methyl sites for hydroxylation is 2. The smallest absolute Gasteiger partial charge is 0.151 e. The Kier molecular flexibility index (Phi) is 3.82. The highest BCUT2D eigenvalue weighted by Crippen LogP contribution is 2.23. The summed E-state index contributed by atoms with van der Waals surface area (Å²) in [7, 11) is 1.98. The van der Waals surface area contributed by atoms with Gasteiger partial charge in [0.1, 0.15) is 0 Å². The van der Waals surface area contributed by atoms with Crippen molar-refractivity contribution in [2.45, 2.75) is 19.7 Å². The molecule has 0 atom stereocenters. The summed E-state index contributed by atoms with van der Waals surface area (Å²) < 4.78 is 0. The number of anilines is 2. The van der Waals surface area contributed by atoms with Crippen molar-refractivity contribution in [3.05, 3.63) is 47.4 Å². The predicted molar refractivity (Wildman–Crippen MR) is 75.6 cm³/mol. The Hall–Kier alpha value is -1.61. The normalized spacial score (nSPS) is 10.4. The second-order valence-electron chi connectivity index (χ2n) is 4.40. The van der Waals surface area contributed by atoms with Crippen LogP contribution in [0.25, 0.3) is 0 Å². The van der Waals surface area contributed by atoms with Gasteiger partial charge in [-0.1, -0.05) is 6.07 Å². The van der Waals surface area contributed by atoms with Crippen molar-refractivity contribution in [1.82, 2.24) is 9.97 Å². The molecule has 2 aromatic rings. The molecule has 1 aromatic carbocycles. The second kappa shape index (κ2) is 5.36. The molecule has 4 heteroatoms. The number of aromatic nitrogens is 2. The van der Waals surface area contributed by atoms with Gasteiger partial charge in [0.15, 0.2) is 5.82 Å². The molecule has 94 valence electrons. The van der Waals surface area contributed by atoms with E-state index in [-0.39, 0.29) is 0 Å². The van der Waals surface area contributed by atoms with Crippen molar-refractivity contribution in [1.29, 1.82) is 0 Å². The van der Waals surface area contributed by atoms with Crippen LogP contribution in [0.15, 0.2) is 30.6 Å². The molecule has 3 nitrogen and oxygen atoms in total. The first-order chi connectivity index (χ1) is 8.60. The third kappa shape index (κ3) is 2.79. The van der Waals surface area contributed by atoms with Crippen molar-refractivity contribution in [3.63, 3.8) is 0 Å². The Bertz CT molecular complexity index is 517. The molecule has 1 aromatic heterocycles. The van der Waals surface area contributed by atoms with E-state index in [1.54, 1.807) is 12.4 Å². The molecule has 1 heterocycles. The van der Waals surface area contributed by atoms with Crippen LogP contribution in [0.2, 0.25) is 0 Å². The van der Waals surface area contributed by atoms with Crippen LogP contribution in [-0.4, -0.2) is 17.0 Å². The van der Waals surface area contributed by atoms with E-state index in [0.717, 1.165) is 17.2 Å². The zero-order valence-electron chi connectivity index (χ0n) is 10.8. The van der Waals surface area contributed by atoms with E-state index < -0.39 is 0 Å². The number of hydrogen-bond donors (Lipinski definition) is 0. The Labute approximate surface area is 112 Å². The van der Waals surface area contributed by atoms with Gasteiger partial charge in [-0.3, -0.25) is 4.98 Å². The number of benzene rings is 1. The summed E-state index contributed by atoms with van der Waals surface area (Å²) in [5, 5.41) is 0. The number of alkyl halides is 1. The summed E-state index contributed by atoms with van der Waals surface area (Å²) in [5.41, 5.74) is 4.37. The Morgan fingerprint density at radius 1 is 1.06 bits per heavy atom. The van der Waals surface area contributed by atoms with Gasteiger partial charge in [0.25, 0.3) is 0 Å². The Morgan fingerprint density at radius 3 is 2.22 bits per heavy atom. The number of halogens is 1. The topological polar surface area (TPSA) is 29.0 Å². The average molecular weight is 262 g/mol. The molecule has 0 N–H and O–H groups in total. The summed E-state index contributed by atoms with van der Waals surface area (Å²) in [6.45, 7) is 4.18. The molecule has 0 radical (unpaired) electrons. The molecule has 18 heavy (non-hydrogen) atoms. The fourth-order valence-corrected chi connectivity index (χ4v) is 2.00. The van der Waals surface area contributed by atoms with E-state index in [2.05, 4.69) is 42.0 Å². The van der Waals surface area contributed by atoms with Gasteiger partial charge in [0.2, 0.25) is 0 Å². The molecule has 0 bridgehead atoms.